The van der Waals surface area contributed by atoms with Crippen molar-refractivity contribution < 1.29 is 4.39 Å². The number of halogens is 1. The zero-order chi connectivity index (χ0) is 12.1. The van der Waals surface area contributed by atoms with Crippen LogP contribution in [0.15, 0.2) is 24.3 Å². The molecule has 1 aromatic carbocycles. The summed E-state index contributed by atoms with van der Waals surface area (Å²) in [5, 5.41) is 3.57. The van der Waals surface area contributed by atoms with Gasteiger partial charge in [-0.15, -0.1) is 0 Å². The second-order valence-electron chi connectivity index (χ2n) is 4.61. The van der Waals surface area contributed by atoms with Gasteiger partial charge in [-0.25, -0.2) is 4.39 Å². The van der Waals surface area contributed by atoms with Crippen LogP contribution in [-0.2, 0) is 0 Å². The lowest BCUT2D eigenvalue weighted by molar-refractivity contribution is 0.392. The molecule has 17 heavy (non-hydrogen) atoms. The highest BCUT2D eigenvalue weighted by Crippen LogP contribution is 2.34. The molecule has 0 saturated carbocycles. The van der Waals surface area contributed by atoms with Crippen molar-refractivity contribution >= 4 is 11.8 Å². The molecule has 2 atom stereocenters. The molecule has 0 spiro atoms. The molecule has 1 saturated heterocycles. The fraction of sp³-hybridized carbons (Fsp3) is 0.571. The molecule has 0 aliphatic carbocycles. The highest BCUT2D eigenvalue weighted by molar-refractivity contribution is 7.99. The topological polar surface area (TPSA) is 12.0 Å². The van der Waals surface area contributed by atoms with Crippen molar-refractivity contribution in [3.05, 3.63) is 35.6 Å². The molecule has 1 aliphatic heterocycles. The molecule has 2 unspecified atom stereocenters. The van der Waals surface area contributed by atoms with Crippen LogP contribution in [0.2, 0.25) is 0 Å². The van der Waals surface area contributed by atoms with Gasteiger partial charge in [-0.05, 0) is 54.5 Å². The number of hydrogen-bond acceptors (Lipinski definition) is 2. The van der Waals surface area contributed by atoms with Crippen molar-refractivity contribution in [3.8, 4) is 0 Å². The van der Waals surface area contributed by atoms with Crippen molar-refractivity contribution in [2.24, 2.45) is 5.92 Å². The molecule has 2 rings (SSSR count). The van der Waals surface area contributed by atoms with E-state index in [0.29, 0.717) is 12.0 Å². The van der Waals surface area contributed by atoms with Gasteiger partial charge < -0.3 is 5.32 Å². The van der Waals surface area contributed by atoms with E-state index in [0.717, 1.165) is 18.5 Å². The van der Waals surface area contributed by atoms with Crippen LogP contribution >= 0.6 is 11.8 Å². The van der Waals surface area contributed by atoms with E-state index in [9.17, 15) is 4.39 Å². The van der Waals surface area contributed by atoms with Gasteiger partial charge >= 0.3 is 0 Å². The standard InChI is InChI=1S/C14H20FNS/c1-2-7-16-14(12-6-8-17-10-12)11-4-3-5-13(15)9-11/h3-5,9,12,14,16H,2,6-8,10H2,1H3. The molecule has 1 aromatic rings. The van der Waals surface area contributed by atoms with Crippen molar-refractivity contribution in [2.45, 2.75) is 25.8 Å². The van der Waals surface area contributed by atoms with Gasteiger partial charge in [0.25, 0.3) is 0 Å². The van der Waals surface area contributed by atoms with Crippen molar-refractivity contribution in [1.29, 1.82) is 0 Å². The third-order valence-corrected chi connectivity index (χ3v) is 4.45. The number of rotatable bonds is 5. The van der Waals surface area contributed by atoms with E-state index in [1.165, 1.54) is 24.0 Å². The zero-order valence-corrected chi connectivity index (χ0v) is 11.1. The van der Waals surface area contributed by atoms with Gasteiger partial charge in [0.2, 0.25) is 0 Å². The smallest absolute Gasteiger partial charge is 0.123 e. The van der Waals surface area contributed by atoms with Crippen molar-refractivity contribution in [2.75, 3.05) is 18.1 Å². The highest BCUT2D eigenvalue weighted by atomic mass is 32.2. The van der Waals surface area contributed by atoms with Gasteiger partial charge in [-0.1, -0.05) is 19.1 Å². The monoisotopic (exact) mass is 253 g/mol. The summed E-state index contributed by atoms with van der Waals surface area (Å²) in [4.78, 5) is 0. The van der Waals surface area contributed by atoms with Gasteiger partial charge in [0.15, 0.2) is 0 Å². The second-order valence-corrected chi connectivity index (χ2v) is 5.76. The quantitative estimate of drug-likeness (QED) is 0.860. The predicted molar refractivity (Wildman–Crippen MR) is 72.9 cm³/mol. The maximum Gasteiger partial charge on any atom is 0.123 e. The minimum Gasteiger partial charge on any atom is -0.310 e. The molecule has 0 bridgehead atoms. The second kappa shape index (κ2) is 6.41. The predicted octanol–water partition coefficient (Wildman–Crippen LogP) is 3.62. The summed E-state index contributed by atoms with van der Waals surface area (Å²) in [6, 6.07) is 7.37. The van der Waals surface area contributed by atoms with E-state index in [4.69, 9.17) is 0 Å². The summed E-state index contributed by atoms with van der Waals surface area (Å²) < 4.78 is 13.3. The number of benzene rings is 1. The summed E-state index contributed by atoms with van der Waals surface area (Å²) in [7, 11) is 0. The van der Waals surface area contributed by atoms with E-state index < -0.39 is 0 Å². The Morgan fingerprint density at radius 3 is 3.06 bits per heavy atom. The summed E-state index contributed by atoms with van der Waals surface area (Å²) in [5.41, 5.74) is 1.10. The average Bonchev–Trinajstić information content (AvgIpc) is 2.83. The minimum atomic E-state index is -0.128. The lowest BCUT2D eigenvalue weighted by Gasteiger charge is -2.24. The first-order valence-electron chi connectivity index (χ1n) is 6.38. The first-order chi connectivity index (χ1) is 8.31. The lowest BCUT2D eigenvalue weighted by Crippen LogP contribution is -2.29. The normalized spacial score (nSPS) is 21.6. The SMILES string of the molecule is CCCNC(c1cccc(F)c1)C1CCSC1. The first-order valence-corrected chi connectivity index (χ1v) is 7.53. The zero-order valence-electron chi connectivity index (χ0n) is 10.3. The van der Waals surface area contributed by atoms with E-state index in [1.54, 1.807) is 6.07 Å². The van der Waals surface area contributed by atoms with Gasteiger partial charge in [-0.3, -0.25) is 0 Å². The number of thioether (sulfide) groups is 1. The molecular weight excluding hydrogens is 233 g/mol. The Labute approximate surface area is 107 Å². The molecule has 0 aromatic heterocycles. The van der Waals surface area contributed by atoms with E-state index >= 15 is 0 Å². The van der Waals surface area contributed by atoms with Crippen LogP contribution in [0, 0.1) is 11.7 Å². The Balaban J connectivity index is 2.13. The third-order valence-electron chi connectivity index (χ3n) is 3.26. The van der Waals surface area contributed by atoms with Gasteiger partial charge in [-0.2, -0.15) is 11.8 Å². The Bertz CT molecular complexity index is 350. The Hall–Kier alpha value is -0.540. The molecular formula is C14H20FNS. The minimum absolute atomic E-state index is 0.128. The number of hydrogen-bond donors (Lipinski definition) is 1. The van der Waals surface area contributed by atoms with Crippen molar-refractivity contribution in [3.63, 3.8) is 0 Å². The Morgan fingerprint density at radius 1 is 1.53 bits per heavy atom. The van der Waals surface area contributed by atoms with Gasteiger partial charge in [0.1, 0.15) is 5.82 Å². The summed E-state index contributed by atoms with van der Waals surface area (Å²) in [6.07, 6.45) is 2.36. The summed E-state index contributed by atoms with van der Waals surface area (Å²) in [6.45, 7) is 3.17. The molecule has 1 fully saturated rings. The van der Waals surface area contributed by atoms with Crippen LogP contribution < -0.4 is 5.32 Å². The molecule has 94 valence electrons. The highest BCUT2D eigenvalue weighted by Gasteiger charge is 2.26. The summed E-state index contributed by atoms with van der Waals surface area (Å²) >= 11 is 2.01. The van der Waals surface area contributed by atoms with Gasteiger partial charge in [0, 0.05) is 6.04 Å². The molecule has 0 amide bonds. The lowest BCUT2D eigenvalue weighted by atomic mass is 9.92. The Morgan fingerprint density at radius 2 is 2.41 bits per heavy atom. The van der Waals surface area contributed by atoms with Crippen LogP contribution in [0.5, 0.6) is 0 Å². The maximum atomic E-state index is 13.3. The van der Waals surface area contributed by atoms with E-state index in [1.807, 2.05) is 23.9 Å². The first kappa shape index (κ1) is 12.9. The largest absolute Gasteiger partial charge is 0.310 e. The third kappa shape index (κ3) is 3.46. The van der Waals surface area contributed by atoms with Crippen LogP contribution in [0.4, 0.5) is 4.39 Å². The van der Waals surface area contributed by atoms with Gasteiger partial charge in [0.05, 0.1) is 0 Å². The molecule has 0 radical (unpaired) electrons. The molecule has 1 aliphatic rings. The van der Waals surface area contributed by atoms with Crippen molar-refractivity contribution in [1.82, 2.24) is 5.32 Å². The Kier molecular flexibility index (Phi) is 4.86. The fourth-order valence-electron chi connectivity index (χ4n) is 2.37. The maximum absolute atomic E-state index is 13.3. The van der Waals surface area contributed by atoms with E-state index in [-0.39, 0.29) is 5.82 Å². The number of nitrogens with one attached hydrogen (secondary N) is 1. The van der Waals surface area contributed by atoms with Crippen LogP contribution in [0.3, 0.4) is 0 Å². The average molecular weight is 253 g/mol. The molecule has 1 N–H and O–H groups in total. The van der Waals surface area contributed by atoms with Crippen LogP contribution in [0.1, 0.15) is 31.4 Å². The molecule has 1 heterocycles. The van der Waals surface area contributed by atoms with Crippen LogP contribution in [-0.4, -0.2) is 18.1 Å². The molecule has 3 heteroatoms. The van der Waals surface area contributed by atoms with E-state index in [2.05, 4.69) is 12.2 Å². The molecule has 1 nitrogen and oxygen atoms in total. The summed E-state index contributed by atoms with van der Waals surface area (Å²) in [5.74, 6) is 2.95. The van der Waals surface area contributed by atoms with Crippen LogP contribution in [0.25, 0.3) is 0 Å². The fourth-order valence-corrected chi connectivity index (χ4v) is 3.67.